The number of benzene rings is 2. The van der Waals surface area contributed by atoms with Crippen LogP contribution in [0.5, 0.6) is 0 Å². The number of hydrogen-bond donors (Lipinski definition) is 2. The molecule has 260 valence electrons. The molecule has 0 aliphatic carbocycles. The van der Waals surface area contributed by atoms with Gasteiger partial charge in [0.1, 0.15) is 0 Å². The third-order valence-corrected chi connectivity index (χ3v) is 11.5. The number of aryl methyl sites for hydroxylation is 1. The first-order valence-electron chi connectivity index (χ1n) is 17.9. The summed E-state index contributed by atoms with van der Waals surface area (Å²) in [5.41, 5.74) is 10.7. The van der Waals surface area contributed by atoms with Gasteiger partial charge in [-0.2, -0.15) is 0 Å². The third-order valence-electron chi connectivity index (χ3n) is 11.1. The number of anilines is 2. The first kappa shape index (κ1) is 34.5. The van der Waals surface area contributed by atoms with Gasteiger partial charge in [0.15, 0.2) is 0 Å². The second-order valence-corrected chi connectivity index (χ2v) is 14.6. The van der Waals surface area contributed by atoms with Crippen LogP contribution in [0.2, 0.25) is 5.02 Å². The lowest BCUT2D eigenvalue weighted by Crippen LogP contribution is -2.55. The maximum Gasteiger partial charge on any atom is 0.322 e. The van der Waals surface area contributed by atoms with Crippen molar-refractivity contribution >= 4 is 40.8 Å². The van der Waals surface area contributed by atoms with Crippen LogP contribution in [0.1, 0.15) is 55.7 Å². The summed E-state index contributed by atoms with van der Waals surface area (Å²) in [5.74, 6) is -0.431. The Morgan fingerprint density at radius 2 is 1.60 bits per heavy atom. The quantitative estimate of drug-likeness (QED) is 0.403. The van der Waals surface area contributed by atoms with Crippen LogP contribution in [0.3, 0.4) is 0 Å². The van der Waals surface area contributed by atoms with Crippen molar-refractivity contribution in [2.24, 2.45) is 5.92 Å². The number of carbonyl (C=O) groups is 3. The largest absolute Gasteiger partial charge is 0.397 e. The molecule has 2 aromatic carbocycles. The molecule has 4 aliphatic rings. The predicted octanol–water partition coefficient (Wildman–Crippen LogP) is 4.35. The van der Waals surface area contributed by atoms with Gasteiger partial charge in [0.05, 0.1) is 16.6 Å². The standard InChI is InChI=1S/C37H52ClN7O3/c1-3-27-22-26(24-32(38)35(27)39)23-29(36(47)44-20-18-42(19-21-44)30-9-13-41(2)14-10-30)25-34(46)43-15-11-31(12-16-43)45-17-8-28-6-4-5-7-33(28)40-37(45)48/h4-7,22,24,29-31H,3,8-21,23,25,39H2,1-2H3,(H,40,48)/t29-/m0/s1. The molecule has 3 fully saturated rings. The number of para-hydroxylation sites is 1. The van der Waals surface area contributed by atoms with E-state index in [0.717, 1.165) is 74.2 Å². The van der Waals surface area contributed by atoms with E-state index in [0.29, 0.717) is 55.9 Å². The fourth-order valence-electron chi connectivity index (χ4n) is 8.11. The highest BCUT2D eigenvalue weighted by Gasteiger charge is 2.35. The number of nitrogen functional groups attached to an aromatic ring is 1. The van der Waals surface area contributed by atoms with Crippen LogP contribution in [0.4, 0.5) is 16.2 Å². The number of nitrogens with two attached hydrogens (primary N) is 1. The van der Waals surface area contributed by atoms with E-state index in [2.05, 4.69) is 28.2 Å². The lowest BCUT2D eigenvalue weighted by molar-refractivity contribution is -0.143. The molecule has 48 heavy (non-hydrogen) atoms. The highest BCUT2D eigenvalue weighted by atomic mass is 35.5. The molecule has 3 saturated heterocycles. The SMILES string of the molecule is CCc1cc(C[C@@H](CC(=O)N2CCC(N3CCc4ccccc4NC3=O)CC2)C(=O)N2CCN(C3CCN(C)CC3)CC2)cc(Cl)c1N. The van der Waals surface area contributed by atoms with Crippen LogP contribution in [-0.4, -0.2) is 120 Å². The van der Waals surface area contributed by atoms with E-state index < -0.39 is 5.92 Å². The molecule has 10 nitrogen and oxygen atoms in total. The number of carbonyl (C=O) groups excluding carboxylic acids is 3. The molecule has 0 unspecified atom stereocenters. The number of hydrogen-bond acceptors (Lipinski definition) is 6. The molecule has 2 aromatic rings. The molecule has 4 aliphatic heterocycles. The molecule has 0 radical (unpaired) electrons. The Labute approximate surface area is 290 Å². The number of fused-ring (bicyclic) bond motifs is 1. The molecule has 0 bridgehead atoms. The molecular formula is C37H52ClN7O3. The summed E-state index contributed by atoms with van der Waals surface area (Å²) in [6, 6.07) is 12.4. The van der Waals surface area contributed by atoms with Crippen molar-refractivity contribution in [2.75, 3.05) is 77.0 Å². The molecule has 0 spiro atoms. The van der Waals surface area contributed by atoms with Crippen LogP contribution in [-0.2, 0) is 28.9 Å². The van der Waals surface area contributed by atoms with Gasteiger partial charge in [-0.1, -0.05) is 42.8 Å². The van der Waals surface area contributed by atoms with Crippen LogP contribution in [0.25, 0.3) is 0 Å². The van der Waals surface area contributed by atoms with E-state index >= 15 is 0 Å². The first-order chi connectivity index (χ1) is 23.2. The number of piperidine rings is 2. The van der Waals surface area contributed by atoms with Crippen molar-refractivity contribution in [1.82, 2.24) is 24.5 Å². The minimum absolute atomic E-state index is 0.00161. The molecule has 0 saturated carbocycles. The second kappa shape index (κ2) is 15.5. The van der Waals surface area contributed by atoms with Gasteiger partial charge in [-0.25, -0.2) is 4.79 Å². The molecule has 3 N–H and O–H groups in total. The van der Waals surface area contributed by atoms with Gasteiger partial charge in [0, 0.05) is 70.0 Å². The molecule has 4 amide bonds. The summed E-state index contributed by atoms with van der Waals surface area (Å²) in [5, 5.41) is 3.57. The normalized spacial score (nSPS) is 21.1. The van der Waals surface area contributed by atoms with Crippen molar-refractivity contribution in [2.45, 2.75) is 70.4 Å². The summed E-state index contributed by atoms with van der Waals surface area (Å²) in [6.07, 6.45) is 5.93. The smallest absolute Gasteiger partial charge is 0.322 e. The summed E-state index contributed by atoms with van der Waals surface area (Å²) in [7, 11) is 2.18. The number of halogens is 1. The molecule has 11 heteroatoms. The number of urea groups is 1. The molecule has 1 atom stereocenters. The molecule has 6 rings (SSSR count). The van der Waals surface area contributed by atoms with Crippen molar-refractivity contribution in [1.29, 1.82) is 0 Å². The van der Waals surface area contributed by atoms with Gasteiger partial charge in [-0.3, -0.25) is 14.5 Å². The number of rotatable bonds is 8. The summed E-state index contributed by atoms with van der Waals surface area (Å²) >= 11 is 6.52. The van der Waals surface area contributed by atoms with Crippen molar-refractivity contribution in [3.05, 3.63) is 58.1 Å². The number of nitrogens with zero attached hydrogens (tertiary/aromatic N) is 5. The maximum atomic E-state index is 14.2. The van der Waals surface area contributed by atoms with E-state index in [4.69, 9.17) is 17.3 Å². The molecular weight excluding hydrogens is 626 g/mol. The topological polar surface area (TPSA) is 105 Å². The van der Waals surface area contributed by atoms with Crippen molar-refractivity contribution < 1.29 is 14.4 Å². The predicted molar refractivity (Wildman–Crippen MR) is 191 cm³/mol. The van der Waals surface area contributed by atoms with E-state index in [1.807, 2.05) is 52.0 Å². The number of amides is 4. The Balaban J connectivity index is 1.09. The molecule has 4 heterocycles. The Bertz CT molecular complexity index is 1460. The monoisotopic (exact) mass is 677 g/mol. The van der Waals surface area contributed by atoms with Crippen LogP contribution in [0, 0.1) is 5.92 Å². The number of likely N-dealkylation sites (tertiary alicyclic amines) is 2. The number of nitrogens with one attached hydrogen (secondary N) is 1. The van der Waals surface area contributed by atoms with Crippen LogP contribution < -0.4 is 11.1 Å². The van der Waals surface area contributed by atoms with Crippen molar-refractivity contribution in [3.63, 3.8) is 0 Å². The van der Waals surface area contributed by atoms with Gasteiger partial charge in [0.25, 0.3) is 0 Å². The highest BCUT2D eigenvalue weighted by molar-refractivity contribution is 6.33. The first-order valence-corrected chi connectivity index (χ1v) is 18.3. The van der Waals surface area contributed by atoms with Gasteiger partial charge >= 0.3 is 6.03 Å². The van der Waals surface area contributed by atoms with E-state index in [1.54, 1.807) is 0 Å². The zero-order chi connectivity index (χ0) is 33.8. The zero-order valence-corrected chi connectivity index (χ0v) is 29.4. The minimum Gasteiger partial charge on any atom is -0.397 e. The van der Waals surface area contributed by atoms with Gasteiger partial charge < -0.3 is 30.7 Å². The average Bonchev–Trinajstić information content (AvgIpc) is 3.27. The van der Waals surface area contributed by atoms with E-state index in [-0.39, 0.29) is 30.3 Å². The lowest BCUT2D eigenvalue weighted by atomic mass is 9.91. The fourth-order valence-corrected chi connectivity index (χ4v) is 8.37. The zero-order valence-electron chi connectivity index (χ0n) is 28.6. The van der Waals surface area contributed by atoms with E-state index in [9.17, 15) is 14.4 Å². The maximum absolute atomic E-state index is 14.2. The number of piperazine rings is 1. The van der Waals surface area contributed by atoms with Gasteiger partial charge in [0.2, 0.25) is 11.8 Å². The van der Waals surface area contributed by atoms with Crippen LogP contribution >= 0.6 is 11.6 Å². The Morgan fingerprint density at radius 3 is 2.31 bits per heavy atom. The Morgan fingerprint density at radius 1 is 0.917 bits per heavy atom. The summed E-state index contributed by atoms with van der Waals surface area (Å²) in [6.45, 7) is 9.20. The average molecular weight is 678 g/mol. The third kappa shape index (κ3) is 7.92. The van der Waals surface area contributed by atoms with Gasteiger partial charge in [-0.05, 0) is 93.9 Å². The fraction of sp³-hybridized carbons (Fsp3) is 0.595. The van der Waals surface area contributed by atoms with Crippen LogP contribution in [0.15, 0.2) is 36.4 Å². The summed E-state index contributed by atoms with van der Waals surface area (Å²) in [4.78, 5) is 51.9. The summed E-state index contributed by atoms with van der Waals surface area (Å²) < 4.78 is 0. The second-order valence-electron chi connectivity index (χ2n) is 14.1. The van der Waals surface area contributed by atoms with E-state index in [1.165, 1.54) is 12.8 Å². The minimum atomic E-state index is -0.482. The Kier molecular flexibility index (Phi) is 11.1. The molecule has 0 aromatic heterocycles. The highest BCUT2D eigenvalue weighted by Crippen LogP contribution is 2.30. The Hall–Kier alpha value is -3.34. The lowest BCUT2D eigenvalue weighted by Gasteiger charge is -2.43. The van der Waals surface area contributed by atoms with Crippen molar-refractivity contribution in [3.8, 4) is 0 Å². The van der Waals surface area contributed by atoms with Gasteiger partial charge in [-0.15, -0.1) is 0 Å².